The molecule has 0 saturated carbocycles. The number of hydrogen-bond donors (Lipinski definition) is 2. The van der Waals surface area contributed by atoms with E-state index in [-0.39, 0.29) is 35.0 Å². The predicted octanol–water partition coefficient (Wildman–Crippen LogP) is 0.930. The Morgan fingerprint density at radius 2 is 2.15 bits per heavy atom. The van der Waals surface area contributed by atoms with Gasteiger partial charge in [0.2, 0.25) is 5.43 Å². The molecule has 3 heterocycles. The Kier molecular flexibility index (Phi) is 3.64. The third-order valence-corrected chi connectivity index (χ3v) is 5.48. The van der Waals surface area contributed by atoms with E-state index in [1.807, 2.05) is 18.7 Å². The molecular weight excluding hydrogens is 355 g/mol. The average Bonchev–Trinajstić information content (AvgIpc) is 2.84. The lowest BCUT2D eigenvalue weighted by molar-refractivity contribution is 0.0694. The summed E-state index contributed by atoms with van der Waals surface area (Å²) in [6, 6.07) is 0.960. The van der Waals surface area contributed by atoms with Gasteiger partial charge in [0.1, 0.15) is 16.8 Å². The second-order valence-corrected chi connectivity index (χ2v) is 7.86. The summed E-state index contributed by atoms with van der Waals surface area (Å²) in [5.74, 6) is -1.75. The second-order valence-electron chi connectivity index (χ2n) is 7.86. The van der Waals surface area contributed by atoms with Gasteiger partial charge in [-0.2, -0.15) is 0 Å². The molecule has 3 N–H and O–H groups in total. The molecule has 2 aliphatic rings. The van der Waals surface area contributed by atoms with Crippen molar-refractivity contribution in [2.45, 2.75) is 19.9 Å². The summed E-state index contributed by atoms with van der Waals surface area (Å²) < 4.78 is 22.4. The van der Waals surface area contributed by atoms with Gasteiger partial charge in [0.05, 0.1) is 5.39 Å². The van der Waals surface area contributed by atoms with Crippen molar-refractivity contribution < 1.29 is 19.0 Å². The SMILES string of the molecule is CN1COc2c(N3C[C@@H](N)C(C)(C)C3)c(F)cc3c(=O)c(C(=O)O)cn1c23. The minimum Gasteiger partial charge on any atom is -0.477 e. The van der Waals surface area contributed by atoms with Gasteiger partial charge in [0.25, 0.3) is 0 Å². The molecule has 1 aromatic carbocycles. The first-order chi connectivity index (χ1) is 12.6. The Hall–Kier alpha value is -2.81. The molecule has 2 aliphatic heterocycles. The van der Waals surface area contributed by atoms with E-state index < -0.39 is 22.8 Å². The summed E-state index contributed by atoms with van der Waals surface area (Å²) in [5.41, 5.74) is 5.46. The van der Waals surface area contributed by atoms with Crippen LogP contribution in [-0.4, -0.2) is 48.7 Å². The van der Waals surface area contributed by atoms with Crippen molar-refractivity contribution in [2.75, 3.05) is 36.8 Å². The van der Waals surface area contributed by atoms with Crippen molar-refractivity contribution in [3.63, 3.8) is 0 Å². The lowest BCUT2D eigenvalue weighted by atomic mass is 9.89. The fourth-order valence-corrected chi connectivity index (χ4v) is 3.80. The molecule has 0 unspecified atom stereocenters. The van der Waals surface area contributed by atoms with Gasteiger partial charge in [0.15, 0.2) is 18.3 Å². The number of rotatable bonds is 2. The van der Waals surface area contributed by atoms with Crippen molar-refractivity contribution in [1.82, 2.24) is 4.68 Å². The number of nitrogens with two attached hydrogens (primary N) is 1. The molecule has 0 radical (unpaired) electrons. The van der Waals surface area contributed by atoms with E-state index in [4.69, 9.17) is 10.5 Å². The van der Waals surface area contributed by atoms with Gasteiger partial charge in [-0.25, -0.2) is 9.18 Å². The molecule has 1 saturated heterocycles. The van der Waals surface area contributed by atoms with Crippen LogP contribution in [0.2, 0.25) is 0 Å². The van der Waals surface area contributed by atoms with Gasteiger partial charge in [-0.05, 0) is 11.5 Å². The fraction of sp³-hybridized carbons (Fsp3) is 0.444. The van der Waals surface area contributed by atoms with Gasteiger partial charge < -0.3 is 20.5 Å². The van der Waals surface area contributed by atoms with Crippen LogP contribution in [0.3, 0.4) is 0 Å². The van der Waals surface area contributed by atoms with Crippen molar-refractivity contribution in [2.24, 2.45) is 11.1 Å². The van der Waals surface area contributed by atoms with E-state index in [1.54, 1.807) is 12.1 Å². The number of pyridine rings is 1. The van der Waals surface area contributed by atoms with Crippen LogP contribution in [0.5, 0.6) is 5.75 Å². The van der Waals surface area contributed by atoms with Gasteiger partial charge in [-0.1, -0.05) is 13.8 Å². The Balaban J connectivity index is 2.03. The number of carboxylic acids is 1. The zero-order valence-corrected chi connectivity index (χ0v) is 15.3. The summed E-state index contributed by atoms with van der Waals surface area (Å²) in [7, 11) is 1.69. The molecule has 0 aliphatic carbocycles. The van der Waals surface area contributed by atoms with Crippen molar-refractivity contribution in [1.29, 1.82) is 0 Å². The van der Waals surface area contributed by atoms with E-state index in [1.165, 1.54) is 10.9 Å². The molecule has 4 rings (SSSR count). The van der Waals surface area contributed by atoms with Crippen LogP contribution in [0.25, 0.3) is 10.9 Å². The van der Waals surface area contributed by atoms with Crippen molar-refractivity contribution in [3.05, 3.63) is 33.9 Å². The predicted molar refractivity (Wildman–Crippen MR) is 98.7 cm³/mol. The van der Waals surface area contributed by atoms with Gasteiger partial charge in [-0.15, -0.1) is 0 Å². The Bertz CT molecular complexity index is 1030. The highest BCUT2D eigenvalue weighted by atomic mass is 19.1. The number of anilines is 1. The van der Waals surface area contributed by atoms with Gasteiger partial charge >= 0.3 is 5.97 Å². The Labute approximate surface area is 154 Å². The maximum Gasteiger partial charge on any atom is 0.341 e. The number of aromatic nitrogens is 1. The van der Waals surface area contributed by atoms with Crippen LogP contribution in [-0.2, 0) is 0 Å². The van der Waals surface area contributed by atoms with Crippen molar-refractivity contribution >= 4 is 22.6 Å². The zero-order chi connectivity index (χ0) is 19.7. The number of carbonyl (C=O) groups is 1. The van der Waals surface area contributed by atoms with Crippen LogP contribution in [0.1, 0.15) is 24.2 Å². The number of aromatic carboxylic acids is 1. The minimum absolute atomic E-state index is 0.0274. The monoisotopic (exact) mass is 376 g/mol. The molecular formula is C18H21FN4O4. The number of carboxylic acid groups (broad SMARTS) is 1. The molecule has 0 spiro atoms. The molecule has 0 bridgehead atoms. The topological polar surface area (TPSA) is 101 Å². The molecule has 0 amide bonds. The highest BCUT2D eigenvalue weighted by Crippen LogP contribution is 2.43. The molecule has 1 aromatic heterocycles. The largest absolute Gasteiger partial charge is 0.477 e. The van der Waals surface area contributed by atoms with Crippen LogP contribution < -0.4 is 25.8 Å². The summed E-state index contributed by atoms with van der Waals surface area (Å²) in [6.45, 7) is 5.13. The summed E-state index contributed by atoms with van der Waals surface area (Å²) in [5, 5.41) is 10.9. The maximum absolute atomic E-state index is 15.1. The molecule has 9 heteroatoms. The third kappa shape index (κ3) is 2.45. The third-order valence-electron chi connectivity index (χ3n) is 5.48. The van der Waals surface area contributed by atoms with E-state index in [2.05, 4.69) is 0 Å². The number of halogens is 1. The first-order valence-corrected chi connectivity index (χ1v) is 8.61. The number of hydrogen-bond acceptors (Lipinski definition) is 6. The molecule has 27 heavy (non-hydrogen) atoms. The second kappa shape index (κ2) is 5.59. The van der Waals surface area contributed by atoms with Crippen LogP contribution in [0.4, 0.5) is 10.1 Å². The molecule has 8 nitrogen and oxygen atoms in total. The zero-order valence-electron chi connectivity index (χ0n) is 15.3. The summed E-state index contributed by atoms with van der Waals surface area (Å²) >= 11 is 0. The van der Waals surface area contributed by atoms with Crippen molar-refractivity contribution in [3.8, 4) is 5.75 Å². The normalized spacial score (nSPS) is 20.9. The molecule has 1 atom stereocenters. The standard InChI is InChI=1S/C18H21FN4O4/c1-18(2)7-22(6-12(18)20)14-11(19)4-9-13-16(14)27-8-21(3)23(13)5-10(15(9)24)17(25)26/h4-5,12H,6-8,20H2,1-3H3,(H,25,26)/t12-/m1/s1. The molecule has 144 valence electrons. The smallest absolute Gasteiger partial charge is 0.341 e. The highest BCUT2D eigenvalue weighted by Gasteiger charge is 2.40. The van der Waals surface area contributed by atoms with Gasteiger partial charge in [0, 0.05) is 32.4 Å². The van der Waals surface area contributed by atoms with Crippen LogP contribution >= 0.6 is 0 Å². The van der Waals surface area contributed by atoms with Crippen LogP contribution in [0.15, 0.2) is 17.1 Å². The van der Waals surface area contributed by atoms with Gasteiger partial charge in [-0.3, -0.25) is 14.5 Å². The maximum atomic E-state index is 15.1. The fourth-order valence-electron chi connectivity index (χ4n) is 3.80. The number of nitrogens with zero attached hydrogens (tertiary/aromatic N) is 3. The first-order valence-electron chi connectivity index (χ1n) is 8.61. The number of ether oxygens (including phenoxy) is 1. The molecule has 1 fully saturated rings. The lowest BCUT2D eigenvalue weighted by Gasteiger charge is -2.33. The minimum atomic E-state index is -1.36. The highest BCUT2D eigenvalue weighted by molar-refractivity contribution is 5.97. The van der Waals surface area contributed by atoms with E-state index in [0.29, 0.717) is 18.6 Å². The van der Waals surface area contributed by atoms with E-state index in [9.17, 15) is 14.7 Å². The Morgan fingerprint density at radius 3 is 2.74 bits per heavy atom. The summed E-state index contributed by atoms with van der Waals surface area (Å²) in [6.07, 6.45) is 1.25. The first kappa shape index (κ1) is 17.6. The molecule has 2 aromatic rings. The summed E-state index contributed by atoms with van der Waals surface area (Å²) in [4.78, 5) is 25.9. The van der Waals surface area contributed by atoms with E-state index in [0.717, 1.165) is 6.07 Å². The van der Waals surface area contributed by atoms with Crippen LogP contribution in [0, 0.1) is 11.2 Å². The average molecular weight is 376 g/mol. The Morgan fingerprint density at radius 1 is 1.44 bits per heavy atom. The number of benzene rings is 1. The lowest BCUT2D eigenvalue weighted by Crippen LogP contribution is -2.40. The quantitative estimate of drug-likeness (QED) is 0.804. The van der Waals surface area contributed by atoms with E-state index >= 15 is 4.39 Å².